The summed E-state index contributed by atoms with van der Waals surface area (Å²) < 4.78 is 26.3. The van der Waals surface area contributed by atoms with E-state index in [9.17, 15) is 8.42 Å². The molecule has 0 amide bonds. The second kappa shape index (κ2) is 6.99. The van der Waals surface area contributed by atoms with Gasteiger partial charge >= 0.3 is 0 Å². The maximum atomic E-state index is 12.4. The third-order valence-electron chi connectivity index (χ3n) is 4.40. The number of rotatable bonds is 4. The van der Waals surface area contributed by atoms with Crippen LogP contribution >= 0.6 is 0 Å². The smallest absolute Gasteiger partial charge is 0.214 e. The van der Waals surface area contributed by atoms with Crippen LogP contribution < -0.4 is 0 Å². The first-order valence-corrected chi connectivity index (χ1v) is 10.0. The Morgan fingerprint density at radius 3 is 2.50 bits per heavy atom. The highest BCUT2D eigenvalue weighted by molar-refractivity contribution is 7.89. The molecule has 0 fully saturated rings. The molecule has 1 aliphatic rings. The van der Waals surface area contributed by atoms with Gasteiger partial charge in [0.25, 0.3) is 0 Å². The van der Waals surface area contributed by atoms with Gasteiger partial charge in [-0.05, 0) is 25.3 Å². The van der Waals surface area contributed by atoms with Crippen LogP contribution in [-0.2, 0) is 22.9 Å². The largest absolute Gasteiger partial charge is 0.233 e. The maximum absolute atomic E-state index is 12.4. The maximum Gasteiger partial charge on any atom is 0.214 e. The van der Waals surface area contributed by atoms with E-state index in [4.69, 9.17) is 4.98 Å². The molecule has 2 heterocycles. The number of hydrogen-bond acceptors (Lipinski definition) is 4. The SMILES string of the molecule is CCCS(=O)(=O)N1CCc2nc(-c3ccccc3)nc(C)c2CC1. The fourth-order valence-electron chi connectivity index (χ4n) is 3.15. The van der Waals surface area contributed by atoms with Gasteiger partial charge in [-0.25, -0.2) is 22.7 Å². The van der Waals surface area contributed by atoms with Gasteiger partial charge in [-0.3, -0.25) is 0 Å². The number of hydrogen-bond donors (Lipinski definition) is 0. The summed E-state index contributed by atoms with van der Waals surface area (Å²) in [6.07, 6.45) is 1.96. The van der Waals surface area contributed by atoms with Gasteiger partial charge in [0.15, 0.2) is 5.82 Å². The summed E-state index contributed by atoms with van der Waals surface area (Å²) in [5.74, 6) is 0.931. The first-order chi connectivity index (χ1) is 11.5. The fraction of sp³-hybridized carbons (Fsp3) is 0.444. The first kappa shape index (κ1) is 17.0. The summed E-state index contributed by atoms with van der Waals surface area (Å²) in [6, 6.07) is 9.90. The molecule has 24 heavy (non-hydrogen) atoms. The summed E-state index contributed by atoms with van der Waals surface area (Å²) in [5, 5.41) is 0. The van der Waals surface area contributed by atoms with Crippen LogP contribution in [0.4, 0.5) is 0 Å². The average molecular weight is 345 g/mol. The predicted octanol–water partition coefficient (Wildman–Crippen LogP) is 2.59. The molecule has 0 unspecified atom stereocenters. The minimum atomic E-state index is -3.16. The Kier molecular flexibility index (Phi) is 4.96. The third-order valence-corrected chi connectivity index (χ3v) is 6.47. The van der Waals surface area contributed by atoms with E-state index in [2.05, 4.69) is 4.98 Å². The van der Waals surface area contributed by atoms with E-state index in [1.54, 1.807) is 4.31 Å². The van der Waals surface area contributed by atoms with E-state index in [1.165, 1.54) is 0 Å². The van der Waals surface area contributed by atoms with Gasteiger partial charge in [-0.2, -0.15) is 0 Å². The van der Waals surface area contributed by atoms with Gasteiger partial charge in [0.2, 0.25) is 10.0 Å². The topological polar surface area (TPSA) is 63.2 Å². The van der Waals surface area contributed by atoms with E-state index in [0.717, 1.165) is 28.3 Å². The molecular weight excluding hydrogens is 322 g/mol. The molecule has 1 aliphatic heterocycles. The predicted molar refractivity (Wildman–Crippen MR) is 95.3 cm³/mol. The summed E-state index contributed by atoms with van der Waals surface area (Å²) >= 11 is 0. The molecule has 6 heteroatoms. The van der Waals surface area contributed by atoms with Crippen LogP contribution in [0.2, 0.25) is 0 Å². The lowest BCUT2D eigenvalue weighted by atomic mass is 10.1. The molecule has 0 saturated carbocycles. The zero-order chi connectivity index (χ0) is 17.2. The Labute approximate surface area is 143 Å². The van der Waals surface area contributed by atoms with Crippen LogP contribution in [0.3, 0.4) is 0 Å². The van der Waals surface area contributed by atoms with Crippen LogP contribution in [0, 0.1) is 6.92 Å². The second-order valence-corrected chi connectivity index (χ2v) is 8.23. The molecule has 2 aromatic rings. The molecular formula is C18H23N3O2S. The van der Waals surface area contributed by atoms with Crippen LogP contribution in [0.1, 0.15) is 30.3 Å². The van der Waals surface area contributed by atoms with Crippen molar-refractivity contribution in [1.82, 2.24) is 14.3 Å². The average Bonchev–Trinajstić information content (AvgIpc) is 2.79. The summed E-state index contributed by atoms with van der Waals surface area (Å²) in [6.45, 7) is 4.90. The van der Waals surface area contributed by atoms with E-state index >= 15 is 0 Å². The molecule has 1 aromatic carbocycles. The lowest BCUT2D eigenvalue weighted by Crippen LogP contribution is -2.35. The lowest BCUT2D eigenvalue weighted by Gasteiger charge is -2.19. The third kappa shape index (κ3) is 3.49. The summed E-state index contributed by atoms with van der Waals surface area (Å²) in [7, 11) is -3.16. The van der Waals surface area contributed by atoms with Gasteiger partial charge in [-0.15, -0.1) is 0 Å². The Bertz CT molecular complexity index is 820. The van der Waals surface area contributed by atoms with Crippen LogP contribution in [0.5, 0.6) is 0 Å². The van der Waals surface area contributed by atoms with Crippen molar-refractivity contribution in [1.29, 1.82) is 0 Å². The molecule has 3 rings (SSSR count). The number of benzene rings is 1. The normalized spacial score (nSPS) is 15.8. The van der Waals surface area contributed by atoms with Crippen molar-refractivity contribution in [2.24, 2.45) is 0 Å². The lowest BCUT2D eigenvalue weighted by molar-refractivity contribution is 0.425. The van der Waals surface area contributed by atoms with Crippen molar-refractivity contribution in [3.05, 3.63) is 47.3 Å². The Hall–Kier alpha value is -1.79. The Morgan fingerprint density at radius 2 is 1.79 bits per heavy atom. The minimum absolute atomic E-state index is 0.212. The van der Waals surface area contributed by atoms with Gasteiger partial charge in [0, 0.05) is 36.5 Å². The standard InChI is InChI=1S/C18H23N3O2S/c1-3-13-24(22,23)21-11-9-16-14(2)19-18(20-17(16)10-12-21)15-7-5-4-6-8-15/h4-8H,3,9-13H2,1-2H3. The highest BCUT2D eigenvalue weighted by Gasteiger charge is 2.25. The van der Waals surface area contributed by atoms with Crippen LogP contribution in [0.25, 0.3) is 11.4 Å². The van der Waals surface area contributed by atoms with Crippen molar-refractivity contribution in [3.63, 3.8) is 0 Å². The highest BCUT2D eigenvalue weighted by atomic mass is 32.2. The van der Waals surface area contributed by atoms with Crippen LogP contribution in [0.15, 0.2) is 30.3 Å². The summed E-state index contributed by atoms with van der Waals surface area (Å²) in [5.41, 5.74) is 4.02. The molecule has 0 radical (unpaired) electrons. The van der Waals surface area contributed by atoms with Gasteiger partial charge < -0.3 is 0 Å². The minimum Gasteiger partial charge on any atom is -0.233 e. The van der Waals surface area contributed by atoms with E-state index in [-0.39, 0.29) is 5.75 Å². The quantitative estimate of drug-likeness (QED) is 0.854. The molecule has 128 valence electrons. The van der Waals surface area contributed by atoms with E-state index < -0.39 is 10.0 Å². The Balaban J connectivity index is 1.91. The van der Waals surface area contributed by atoms with Crippen molar-refractivity contribution in [2.45, 2.75) is 33.1 Å². The van der Waals surface area contributed by atoms with E-state index in [0.29, 0.717) is 32.4 Å². The molecule has 0 saturated heterocycles. The molecule has 1 aromatic heterocycles. The highest BCUT2D eigenvalue weighted by Crippen LogP contribution is 2.23. The number of sulfonamides is 1. The molecule has 0 bridgehead atoms. The van der Waals surface area contributed by atoms with E-state index in [1.807, 2.05) is 44.2 Å². The Morgan fingerprint density at radius 1 is 1.08 bits per heavy atom. The molecule has 0 atom stereocenters. The zero-order valence-corrected chi connectivity index (χ0v) is 15.0. The van der Waals surface area contributed by atoms with Crippen molar-refractivity contribution >= 4 is 10.0 Å². The zero-order valence-electron chi connectivity index (χ0n) is 14.2. The van der Waals surface area contributed by atoms with Crippen molar-refractivity contribution in [2.75, 3.05) is 18.8 Å². The number of aromatic nitrogens is 2. The first-order valence-electron chi connectivity index (χ1n) is 8.41. The molecule has 0 aliphatic carbocycles. The van der Waals surface area contributed by atoms with Crippen molar-refractivity contribution < 1.29 is 8.42 Å². The molecule has 5 nitrogen and oxygen atoms in total. The number of fused-ring (bicyclic) bond motifs is 1. The van der Waals surface area contributed by atoms with Crippen molar-refractivity contribution in [3.8, 4) is 11.4 Å². The molecule has 0 N–H and O–H groups in total. The van der Waals surface area contributed by atoms with Gasteiger partial charge in [-0.1, -0.05) is 37.3 Å². The monoisotopic (exact) mass is 345 g/mol. The number of nitrogens with zero attached hydrogens (tertiary/aromatic N) is 3. The second-order valence-electron chi connectivity index (χ2n) is 6.14. The fourth-order valence-corrected chi connectivity index (χ4v) is 4.66. The van der Waals surface area contributed by atoms with Crippen LogP contribution in [-0.4, -0.2) is 41.5 Å². The number of aryl methyl sites for hydroxylation is 1. The summed E-state index contributed by atoms with van der Waals surface area (Å²) in [4.78, 5) is 9.38. The molecule has 0 spiro atoms. The van der Waals surface area contributed by atoms with Gasteiger partial charge in [0.05, 0.1) is 5.75 Å². The van der Waals surface area contributed by atoms with Gasteiger partial charge in [0.1, 0.15) is 0 Å².